The standard InChI is InChI=1S/C22H25ClN4O4/c1-3-24-22(28)17-11-14-10-16(27(29)30)5-6-18(14)26-9-8-25(13-20(17)26)19-12-15(23)4-7-21(19)31-2/h4-7,10,12,17,20H,3,8-9,11,13H2,1-2H3,(H,24,28). The Labute approximate surface area is 185 Å². The summed E-state index contributed by atoms with van der Waals surface area (Å²) in [6.45, 7) is 4.44. The molecule has 2 unspecified atom stereocenters. The number of ether oxygens (including phenoxy) is 1. The average Bonchev–Trinajstić information content (AvgIpc) is 2.77. The largest absolute Gasteiger partial charge is 0.495 e. The molecule has 0 spiro atoms. The van der Waals surface area contributed by atoms with Gasteiger partial charge < -0.3 is 19.9 Å². The zero-order valence-electron chi connectivity index (χ0n) is 17.5. The highest BCUT2D eigenvalue weighted by molar-refractivity contribution is 6.31. The molecule has 164 valence electrons. The molecule has 1 amide bonds. The number of hydrogen-bond donors (Lipinski definition) is 1. The number of rotatable bonds is 5. The van der Waals surface area contributed by atoms with E-state index < -0.39 is 4.92 Å². The first-order valence-corrected chi connectivity index (χ1v) is 10.7. The van der Waals surface area contributed by atoms with Crippen LogP contribution in [0.1, 0.15) is 12.5 Å². The van der Waals surface area contributed by atoms with E-state index in [1.807, 2.05) is 25.1 Å². The number of nitro benzene ring substituents is 1. The van der Waals surface area contributed by atoms with Gasteiger partial charge in [0.05, 0.1) is 29.7 Å². The Balaban J connectivity index is 1.70. The Morgan fingerprint density at radius 3 is 2.77 bits per heavy atom. The van der Waals surface area contributed by atoms with Gasteiger partial charge >= 0.3 is 0 Å². The second-order valence-corrected chi connectivity index (χ2v) is 8.23. The average molecular weight is 445 g/mol. The molecule has 0 bridgehead atoms. The predicted molar refractivity (Wildman–Crippen MR) is 120 cm³/mol. The van der Waals surface area contributed by atoms with Crippen molar-refractivity contribution in [1.29, 1.82) is 0 Å². The maximum atomic E-state index is 13.0. The van der Waals surface area contributed by atoms with Crippen molar-refractivity contribution in [2.45, 2.75) is 19.4 Å². The van der Waals surface area contributed by atoms with E-state index in [4.69, 9.17) is 16.3 Å². The van der Waals surface area contributed by atoms with Gasteiger partial charge in [-0.15, -0.1) is 0 Å². The zero-order valence-corrected chi connectivity index (χ0v) is 18.3. The van der Waals surface area contributed by atoms with Crippen LogP contribution >= 0.6 is 11.6 Å². The lowest BCUT2D eigenvalue weighted by Crippen LogP contribution is -2.61. The number of non-ortho nitro benzene ring substituents is 1. The van der Waals surface area contributed by atoms with E-state index in [-0.39, 0.29) is 23.6 Å². The predicted octanol–water partition coefficient (Wildman–Crippen LogP) is 3.26. The van der Waals surface area contributed by atoms with Crippen LogP contribution in [0.2, 0.25) is 5.02 Å². The van der Waals surface area contributed by atoms with E-state index in [1.54, 1.807) is 19.2 Å². The van der Waals surface area contributed by atoms with Gasteiger partial charge in [-0.25, -0.2) is 0 Å². The molecule has 4 rings (SSSR count). The Morgan fingerprint density at radius 1 is 1.26 bits per heavy atom. The fraction of sp³-hybridized carbons (Fsp3) is 0.409. The number of carbonyl (C=O) groups is 1. The molecule has 0 saturated carbocycles. The number of hydrogen-bond acceptors (Lipinski definition) is 6. The van der Waals surface area contributed by atoms with Crippen LogP contribution < -0.4 is 19.9 Å². The van der Waals surface area contributed by atoms with E-state index in [0.29, 0.717) is 37.6 Å². The maximum absolute atomic E-state index is 13.0. The van der Waals surface area contributed by atoms with E-state index in [0.717, 1.165) is 22.7 Å². The number of amides is 1. The number of nitrogens with one attached hydrogen (secondary N) is 1. The van der Waals surface area contributed by atoms with Crippen LogP contribution in [0, 0.1) is 16.0 Å². The number of piperazine rings is 1. The van der Waals surface area contributed by atoms with Crippen LogP contribution in [0.3, 0.4) is 0 Å². The van der Waals surface area contributed by atoms with Gasteiger partial charge in [0, 0.05) is 49.0 Å². The van der Waals surface area contributed by atoms with Crippen molar-refractivity contribution >= 4 is 34.6 Å². The molecule has 2 aliphatic heterocycles. The zero-order chi connectivity index (χ0) is 22.1. The third-order valence-corrected chi connectivity index (χ3v) is 6.31. The SMILES string of the molecule is CCNC(=O)C1Cc2cc([N+](=O)[O-])ccc2N2CCN(c3cc(Cl)ccc3OC)CC12. The molecule has 0 aromatic heterocycles. The number of methoxy groups -OCH3 is 1. The van der Waals surface area contributed by atoms with Crippen molar-refractivity contribution in [3.8, 4) is 5.75 Å². The number of fused-ring (bicyclic) bond motifs is 3. The quantitative estimate of drug-likeness (QED) is 0.562. The van der Waals surface area contributed by atoms with Gasteiger partial charge in [-0.05, 0) is 43.2 Å². The summed E-state index contributed by atoms with van der Waals surface area (Å²) in [6, 6.07) is 10.4. The van der Waals surface area contributed by atoms with Gasteiger partial charge in [0.1, 0.15) is 5.75 Å². The highest BCUT2D eigenvalue weighted by atomic mass is 35.5. The van der Waals surface area contributed by atoms with Crippen molar-refractivity contribution < 1.29 is 14.5 Å². The summed E-state index contributed by atoms with van der Waals surface area (Å²) in [5.41, 5.74) is 2.76. The highest BCUT2D eigenvalue weighted by Crippen LogP contribution is 2.40. The number of anilines is 2. The molecule has 1 saturated heterocycles. The molecule has 9 heteroatoms. The lowest BCUT2D eigenvalue weighted by molar-refractivity contribution is -0.384. The minimum atomic E-state index is -0.392. The number of nitro groups is 1. The fourth-order valence-corrected chi connectivity index (χ4v) is 4.82. The van der Waals surface area contributed by atoms with Crippen LogP contribution in [-0.4, -0.2) is 50.2 Å². The number of halogens is 1. The summed E-state index contributed by atoms with van der Waals surface area (Å²) in [7, 11) is 1.63. The topological polar surface area (TPSA) is 87.9 Å². The Kier molecular flexibility index (Phi) is 5.91. The summed E-state index contributed by atoms with van der Waals surface area (Å²) in [4.78, 5) is 28.3. The maximum Gasteiger partial charge on any atom is 0.269 e. The molecule has 2 aliphatic rings. The summed E-state index contributed by atoms with van der Waals surface area (Å²) in [5, 5.41) is 14.8. The van der Waals surface area contributed by atoms with E-state index >= 15 is 0 Å². The number of carbonyl (C=O) groups excluding carboxylic acids is 1. The lowest BCUT2D eigenvalue weighted by Gasteiger charge is -2.49. The first kappa shape index (κ1) is 21.2. The van der Waals surface area contributed by atoms with Crippen molar-refractivity contribution in [1.82, 2.24) is 5.32 Å². The molecule has 8 nitrogen and oxygen atoms in total. The molecule has 1 N–H and O–H groups in total. The van der Waals surface area contributed by atoms with Gasteiger partial charge in [0.25, 0.3) is 5.69 Å². The van der Waals surface area contributed by atoms with Gasteiger partial charge in [0.2, 0.25) is 5.91 Å². The highest BCUT2D eigenvalue weighted by Gasteiger charge is 2.42. The summed E-state index contributed by atoms with van der Waals surface area (Å²) < 4.78 is 5.54. The molecule has 0 radical (unpaired) electrons. The molecule has 2 aromatic carbocycles. The summed E-state index contributed by atoms with van der Waals surface area (Å²) >= 11 is 6.25. The van der Waals surface area contributed by atoms with Crippen molar-refractivity contribution in [3.05, 3.63) is 57.1 Å². The molecule has 2 aromatic rings. The van der Waals surface area contributed by atoms with E-state index in [2.05, 4.69) is 15.1 Å². The van der Waals surface area contributed by atoms with Crippen LogP contribution in [0.15, 0.2) is 36.4 Å². The Hall–Kier alpha value is -3.00. The molecular weight excluding hydrogens is 420 g/mol. The second kappa shape index (κ2) is 8.63. The van der Waals surface area contributed by atoms with E-state index in [9.17, 15) is 14.9 Å². The van der Waals surface area contributed by atoms with Crippen molar-refractivity contribution in [2.75, 3.05) is 43.1 Å². The molecule has 31 heavy (non-hydrogen) atoms. The van der Waals surface area contributed by atoms with Crippen molar-refractivity contribution in [3.63, 3.8) is 0 Å². The Bertz CT molecular complexity index is 1020. The minimum Gasteiger partial charge on any atom is -0.495 e. The van der Waals surface area contributed by atoms with Crippen molar-refractivity contribution in [2.24, 2.45) is 5.92 Å². The fourth-order valence-electron chi connectivity index (χ4n) is 4.66. The Morgan fingerprint density at radius 2 is 2.06 bits per heavy atom. The molecule has 2 heterocycles. The molecule has 0 aliphatic carbocycles. The smallest absolute Gasteiger partial charge is 0.269 e. The normalized spacial score (nSPS) is 20.0. The molecule has 1 fully saturated rings. The van der Waals surface area contributed by atoms with E-state index in [1.165, 1.54) is 6.07 Å². The summed E-state index contributed by atoms with van der Waals surface area (Å²) in [6.07, 6.45) is 0.463. The van der Waals surface area contributed by atoms with Gasteiger partial charge in [0.15, 0.2) is 0 Å². The van der Waals surface area contributed by atoms with Crippen LogP contribution in [0.4, 0.5) is 17.1 Å². The van der Waals surface area contributed by atoms with Crippen LogP contribution in [0.25, 0.3) is 0 Å². The number of benzene rings is 2. The van der Waals surface area contributed by atoms with Gasteiger partial charge in [-0.3, -0.25) is 14.9 Å². The van der Waals surface area contributed by atoms with Crippen LogP contribution in [0.5, 0.6) is 5.75 Å². The third kappa shape index (κ3) is 3.99. The third-order valence-electron chi connectivity index (χ3n) is 6.08. The summed E-state index contributed by atoms with van der Waals surface area (Å²) in [5.74, 6) is 0.385. The number of nitrogens with zero attached hydrogens (tertiary/aromatic N) is 3. The monoisotopic (exact) mass is 444 g/mol. The van der Waals surface area contributed by atoms with Crippen LogP contribution in [-0.2, 0) is 11.2 Å². The lowest BCUT2D eigenvalue weighted by atomic mass is 9.83. The second-order valence-electron chi connectivity index (χ2n) is 7.80. The molecule has 2 atom stereocenters. The first-order valence-electron chi connectivity index (χ1n) is 10.3. The first-order chi connectivity index (χ1) is 14.9. The molecular formula is C22H25ClN4O4. The van der Waals surface area contributed by atoms with Gasteiger partial charge in [-0.1, -0.05) is 11.6 Å². The van der Waals surface area contributed by atoms with Gasteiger partial charge in [-0.2, -0.15) is 0 Å². The minimum absolute atomic E-state index is 0.0328.